The lowest BCUT2D eigenvalue weighted by Gasteiger charge is -2.15. The maximum atomic E-state index is 5.40. The second kappa shape index (κ2) is 12.8. The Labute approximate surface area is 333 Å². The highest BCUT2D eigenvalue weighted by Crippen LogP contribution is 2.39. The Bertz CT molecular complexity index is 3520. The van der Waals surface area contributed by atoms with Crippen molar-refractivity contribution in [2.75, 3.05) is 0 Å². The van der Waals surface area contributed by atoms with E-state index in [-0.39, 0.29) is 0 Å². The van der Waals surface area contributed by atoms with Crippen molar-refractivity contribution in [3.8, 4) is 45.5 Å². The summed E-state index contributed by atoms with van der Waals surface area (Å²) in [5.41, 5.74) is 9.49. The van der Waals surface area contributed by atoms with Gasteiger partial charge in [0.2, 0.25) is 5.95 Å². The molecule has 3 heterocycles. The van der Waals surface area contributed by atoms with Gasteiger partial charge in [-0.25, -0.2) is 4.98 Å². The van der Waals surface area contributed by atoms with Crippen molar-refractivity contribution in [3.63, 3.8) is 0 Å². The van der Waals surface area contributed by atoms with Crippen molar-refractivity contribution in [1.29, 1.82) is 0 Å². The van der Waals surface area contributed by atoms with Gasteiger partial charge in [-0.15, -0.1) is 0 Å². The van der Waals surface area contributed by atoms with Gasteiger partial charge in [0.1, 0.15) is 0 Å². The lowest BCUT2D eigenvalue weighted by Crippen LogP contribution is -2.07. The van der Waals surface area contributed by atoms with E-state index in [0.717, 1.165) is 60.6 Å². The fourth-order valence-corrected chi connectivity index (χ4v) is 8.90. The summed E-state index contributed by atoms with van der Waals surface area (Å²) in [7, 11) is 0. The molecule has 0 radical (unpaired) electrons. The van der Waals surface area contributed by atoms with Crippen molar-refractivity contribution >= 4 is 65.2 Å². The van der Waals surface area contributed by atoms with Crippen LogP contribution in [-0.4, -0.2) is 24.1 Å². The minimum atomic E-state index is 0.569. The van der Waals surface area contributed by atoms with Crippen LogP contribution in [0.4, 0.5) is 0 Å². The number of para-hydroxylation sites is 4. The normalized spacial score (nSPS) is 11.8. The second-order valence-corrected chi connectivity index (χ2v) is 14.8. The van der Waals surface area contributed by atoms with E-state index in [1.165, 1.54) is 32.5 Å². The maximum absolute atomic E-state index is 5.40. The molecule has 5 nitrogen and oxygen atoms in total. The molecule has 0 aliphatic heterocycles. The van der Waals surface area contributed by atoms with Crippen LogP contribution in [0.25, 0.3) is 111 Å². The third kappa shape index (κ3) is 5.00. The summed E-state index contributed by atoms with van der Waals surface area (Å²) in [6.07, 6.45) is 0. The lowest BCUT2D eigenvalue weighted by atomic mass is 10.00. The molecule has 0 N–H and O–H groups in total. The van der Waals surface area contributed by atoms with Gasteiger partial charge in [0.05, 0.1) is 27.8 Å². The quantitative estimate of drug-likeness (QED) is 0.165. The SMILES string of the molecule is c1ccc(-c2ccc3c4ccccc4n(-c4ccccc4-c4nc(-c5ccc6c(ccc7ccccc76)c5)nc(-n5c6ccccc6c6ccccc65)n4)c3c2)cc1. The Morgan fingerprint density at radius 2 is 0.828 bits per heavy atom. The van der Waals surface area contributed by atoms with Crippen molar-refractivity contribution in [2.45, 2.75) is 0 Å². The topological polar surface area (TPSA) is 48.5 Å². The fraction of sp³-hybridized carbons (Fsp3) is 0. The van der Waals surface area contributed by atoms with Crippen LogP contribution >= 0.6 is 0 Å². The Balaban J connectivity index is 1.14. The van der Waals surface area contributed by atoms with Gasteiger partial charge >= 0.3 is 0 Å². The Morgan fingerprint density at radius 1 is 0.293 bits per heavy atom. The van der Waals surface area contributed by atoms with E-state index in [1.807, 2.05) is 0 Å². The summed E-state index contributed by atoms with van der Waals surface area (Å²) in [4.78, 5) is 16.1. The zero-order valence-electron chi connectivity index (χ0n) is 31.3. The predicted molar refractivity (Wildman–Crippen MR) is 240 cm³/mol. The summed E-state index contributed by atoms with van der Waals surface area (Å²) < 4.78 is 4.56. The van der Waals surface area contributed by atoms with Crippen molar-refractivity contribution in [1.82, 2.24) is 24.1 Å². The molecular weight excluding hydrogens is 707 g/mol. The molecule has 3 aromatic heterocycles. The molecule has 0 amide bonds. The minimum absolute atomic E-state index is 0.569. The van der Waals surface area contributed by atoms with Crippen molar-refractivity contribution in [2.24, 2.45) is 0 Å². The third-order valence-corrected chi connectivity index (χ3v) is 11.6. The van der Waals surface area contributed by atoms with Gasteiger partial charge in [-0.1, -0.05) is 158 Å². The first-order chi connectivity index (χ1) is 28.8. The smallest absolute Gasteiger partial charge is 0.238 e. The summed E-state index contributed by atoms with van der Waals surface area (Å²) in [6, 6.07) is 71.0. The summed E-state index contributed by atoms with van der Waals surface area (Å²) in [6.45, 7) is 0. The van der Waals surface area contributed by atoms with Gasteiger partial charge in [-0.3, -0.25) is 4.57 Å². The number of nitrogens with zero attached hydrogens (tertiary/aromatic N) is 5. The molecule has 0 saturated heterocycles. The molecule has 58 heavy (non-hydrogen) atoms. The van der Waals surface area contributed by atoms with Gasteiger partial charge in [0.25, 0.3) is 0 Å². The lowest BCUT2D eigenvalue weighted by molar-refractivity contribution is 0.952. The van der Waals surface area contributed by atoms with Gasteiger partial charge in [0.15, 0.2) is 11.6 Å². The monoisotopic (exact) mass is 739 g/mol. The minimum Gasteiger partial charge on any atom is -0.308 e. The van der Waals surface area contributed by atoms with Crippen molar-refractivity contribution in [3.05, 3.63) is 200 Å². The van der Waals surface area contributed by atoms with Crippen molar-refractivity contribution < 1.29 is 0 Å². The molecule has 0 bridgehead atoms. The number of hydrogen-bond acceptors (Lipinski definition) is 3. The standard InChI is InChI=1S/C53H33N5/c1-2-14-34(15-3-1)36-28-31-44-43-20-6-10-22-46(43)57(50(44)33-36)49-25-13-9-21-45(49)52-54-51(38-29-30-40-37(32-38)27-26-35-16-4-5-17-39(35)40)55-53(56-52)58-47-23-11-7-18-41(47)42-19-8-12-24-48(42)58/h1-33H. The highest BCUT2D eigenvalue weighted by atomic mass is 15.2. The van der Waals surface area contributed by atoms with E-state index in [9.17, 15) is 0 Å². The average Bonchev–Trinajstić information content (AvgIpc) is 3.81. The third-order valence-electron chi connectivity index (χ3n) is 11.6. The number of hydrogen-bond donors (Lipinski definition) is 0. The molecule has 0 atom stereocenters. The Kier molecular flexibility index (Phi) is 7.16. The predicted octanol–water partition coefficient (Wildman–Crippen LogP) is 13.4. The molecule has 0 aliphatic carbocycles. The molecule has 12 aromatic rings. The molecule has 0 fully saturated rings. The van der Waals surface area contributed by atoms with E-state index in [0.29, 0.717) is 17.6 Å². The summed E-state index contributed by atoms with van der Waals surface area (Å²) >= 11 is 0. The summed E-state index contributed by atoms with van der Waals surface area (Å²) in [5, 5.41) is 9.47. The Morgan fingerprint density at radius 3 is 1.59 bits per heavy atom. The van der Waals surface area contributed by atoms with Crippen LogP contribution in [0.1, 0.15) is 0 Å². The molecule has 0 spiro atoms. The highest BCUT2D eigenvalue weighted by molar-refractivity contribution is 6.12. The maximum Gasteiger partial charge on any atom is 0.238 e. The fourth-order valence-electron chi connectivity index (χ4n) is 8.90. The number of rotatable bonds is 5. The zero-order valence-corrected chi connectivity index (χ0v) is 31.3. The number of aromatic nitrogens is 5. The van der Waals surface area contributed by atoms with E-state index in [4.69, 9.17) is 15.0 Å². The van der Waals surface area contributed by atoms with E-state index < -0.39 is 0 Å². The number of benzene rings is 9. The van der Waals surface area contributed by atoms with E-state index in [2.05, 4.69) is 209 Å². The zero-order chi connectivity index (χ0) is 38.2. The van der Waals surface area contributed by atoms with Gasteiger partial charge in [-0.2, -0.15) is 9.97 Å². The van der Waals surface area contributed by atoms with Crippen LogP contribution in [0, 0.1) is 0 Å². The molecular formula is C53H33N5. The second-order valence-electron chi connectivity index (χ2n) is 14.8. The van der Waals surface area contributed by atoms with Gasteiger partial charge < -0.3 is 4.57 Å². The van der Waals surface area contributed by atoms with Crippen LogP contribution in [0.3, 0.4) is 0 Å². The Hall–Kier alpha value is -7.89. The first kappa shape index (κ1) is 32.4. The highest BCUT2D eigenvalue weighted by Gasteiger charge is 2.21. The van der Waals surface area contributed by atoms with Crippen LogP contribution in [-0.2, 0) is 0 Å². The first-order valence-electron chi connectivity index (χ1n) is 19.6. The van der Waals surface area contributed by atoms with Gasteiger partial charge in [-0.05, 0) is 75.1 Å². The van der Waals surface area contributed by atoms with E-state index >= 15 is 0 Å². The van der Waals surface area contributed by atoms with Crippen LogP contribution in [0.2, 0.25) is 0 Å². The summed E-state index contributed by atoms with van der Waals surface area (Å²) in [5.74, 6) is 1.78. The molecule has 270 valence electrons. The van der Waals surface area contributed by atoms with Gasteiger partial charge in [0, 0.05) is 32.7 Å². The molecule has 12 rings (SSSR count). The number of fused-ring (bicyclic) bond motifs is 9. The molecule has 0 unspecified atom stereocenters. The van der Waals surface area contributed by atoms with Crippen LogP contribution in [0.15, 0.2) is 200 Å². The average molecular weight is 740 g/mol. The van der Waals surface area contributed by atoms with E-state index in [1.54, 1.807) is 0 Å². The molecule has 0 aliphatic rings. The van der Waals surface area contributed by atoms with Crippen LogP contribution < -0.4 is 0 Å². The molecule has 5 heteroatoms. The van der Waals surface area contributed by atoms with Crippen LogP contribution in [0.5, 0.6) is 0 Å². The largest absolute Gasteiger partial charge is 0.308 e. The first-order valence-corrected chi connectivity index (χ1v) is 19.6. The molecule has 9 aromatic carbocycles. The molecule has 0 saturated carbocycles.